The lowest BCUT2D eigenvalue weighted by Crippen LogP contribution is -2.30. The van der Waals surface area contributed by atoms with E-state index in [-0.39, 0.29) is 31.1 Å². The SMILES string of the molecule is CC/C=C\C/C=C\C/C=C\C/C=C\CCCCCCCCCCCCCCCCC(=O)OCC(COC(=O)CCCCCCCCCCCCCCCC)OC(=O)CCCCCCCCCCC/C=C\CCCCCCCC. The third-order valence-corrected chi connectivity index (χ3v) is 15.3. The molecule has 0 aliphatic carbocycles. The fourth-order valence-electron chi connectivity index (χ4n) is 10.1. The molecular formula is C72H130O6. The molecule has 0 aromatic carbocycles. The molecule has 0 bridgehead atoms. The van der Waals surface area contributed by atoms with Crippen LogP contribution in [0.2, 0.25) is 0 Å². The second-order valence-electron chi connectivity index (χ2n) is 23.1. The molecule has 0 spiro atoms. The van der Waals surface area contributed by atoms with Crippen LogP contribution in [0.4, 0.5) is 0 Å². The van der Waals surface area contributed by atoms with Crippen LogP contribution >= 0.6 is 0 Å². The van der Waals surface area contributed by atoms with Crippen molar-refractivity contribution in [2.24, 2.45) is 0 Å². The van der Waals surface area contributed by atoms with Crippen LogP contribution in [0.1, 0.15) is 361 Å². The summed E-state index contributed by atoms with van der Waals surface area (Å²) in [5, 5.41) is 0. The molecule has 0 aromatic rings. The van der Waals surface area contributed by atoms with Gasteiger partial charge in [-0.15, -0.1) is 0 Å². The van der Waals surface area contributed by atoms with Crippen LogP contribution in [0.5, 0.6) is 0 Å². The lowest BCUT2D eigenvalue weighted by molar-refractivity contribution is -0.167. The summed E-state index contributed by atoms with van der Waals surface area (Å²) >= 11 is 0. The van der Waals surface area contributed by atoms with Gasteiger partial charge in [0.15, 0.2) is 6.10 Å². The molecule has 1 unspecified atom stereocenters. The molecule has 6 heteroatoms. The zero-order valence-electron chi connectivity index (χ0n) is 52.2. The van der Waals surface area contributed by atoms with Gasteiger partial charge in [0, 0.05) is 19.3 Å². The molecule has 6 nitrogen and oxygen atoms in total. The van der Waals surface area contributed by atoms with Crippen molar-refractivity contribution < 1.29 is 28.6 Å². The van der Waals surface area contributed by atoms with Crippen LogP contribution in [0.15, 0.2) is 60.8 Å². The highest BCUT2D eigenvalue weighted by atomic mass is 16.6. The van der Waals surface area contributed by atoms with Gasteiger partial charge < -0.3 is 14.2 Å². The minimum atomic E-state index is -0.774. The first-order valence-corrected chi connectivity index (χ1v) is 34.3. The van der Waals surface area contributed by atoms with Gasteiger partial charge in [0.05, 0.1) is 0 Å². The summed E-state index contributed by atoms with van der Waals surface area (Å²) in [5.41, 5.74) is 0. The van der Waals surface area contributed by atoms with Crippen LogP contribution < -0.4 is 0 Å². The largest absolute Gasteiger partial charge is 0.462 e. The Hall–Kier alpha value is -2.89. The highest BCUT2D eigenvalue weighted by Crippen LogP contribution is 2.18. The summed E-state index contributed by atoms with van der Waals surface area (Å²) in [6.07, 6.45) is 85.2. The third-order valence-electron chi connectivity index (χ3n) is 15.3. The van der Waals surface area contributed by atoms with Gasteiger partial charge >= 0.3 is 17.9 Å². The zero-order chi connectivity index (χ0) is 56.4. The number of carbonyl (C=O) groups is 3. The van der Waals surface area contributed by atoms with Crippen LogP contribution in [0, 0.1) is 0 Å². The number of hydrogen-bond acceptors (Lipinski definition) is 6. The highest BCUT2D eigenvalue weighted by Gasteiger charge is 2.19. The third kappa shape index (κ3) is 63.9. The summed E-state index contributed by atoms with van der Waals surface area (Å²) in [6, 6.07) is 0. The topological polar surface area (TPSA) is 78.9 Å². The minimum absolute atomic E-state index is 0.0697. The number of hydrogen-bond donors (Lipinski definition) is 0. The predicted octanol–water partition coefficient (Wildman–Crippen LogP) is 23.5. The summed E-state index contributed by atoms with van der Waals surface area (Å²) in [7, 11) is 0. The lowest BCUT2D eigenvalue weighted by Gasteiger charge is -2.18. The number of ether oxygens (including phenoxy) is 3. The van der Waals surface area contributed by atoms with Gasteiger partial charge in [-0.25, -0.2) is 0 Å². The van der Waals surface area contributed by atoms with E-state index in [4.69, 9.17) is 14.2 Å². The Balaban J connectivity index is 4.25. The monoisotopic (exact) mass is 1090 g/mol. The Kier molecular flexibility index (Phi) is 64.2. The lowest BCUT2D eigenvalue weighted by atomic mass is 10.0. The van der Waals surface area contributed by atoms with Crippen molar-refractivity contribution in [2.45, 2.75) is 367 Å². The van der Waals surface area contributed by atoms with E-state index in [2.05, 4.69) is 81.5 Å². The molecule has 454 valence electrons. The van der Waals surface area contributed by atoms with Crippen molar-refractivity contribution in [1.29, 1.82) is 0 Å². The molecule has 0 radical (unpaired) electrons. The summed E-state index contributed by atoms with van der Waals surface area (Å²) in [5.74, 6) is -0.849. The van der Waals surface area contributed by atoms with Gasteiger partial charge in [0.25, 0.3) is 0 Å². The molecule has 0 aliphatic rings. The predicted molar refractivity (Wildman–Crippen MR) is 339 cm³/mol. The Morgan fingerprint density at radius 2 is 0.500 bits per heavy atom. The van der Waals surface area contributed by atoms with Crippen LogP contribution in [-0.2, 0) is 28.6 Å². The fourth-order valence-corrected chi connectivity index (χ4v) is 10.1. The minimum Gasteiger partial charge on any atom is -0.462 e. The van der Waals surface area contributed by atoms with E-state index < -0.39 is 6.10 Å². The first-order chi connectivity index (χ1) is 38.5. The van der Waals surface area contributed by atoms with Crippen molar-refractivity contribution in [3.05, 3.63) is 60.8 Å². The second-order valence-corrected chi connectivity index (χ2v) is 23.1. The summed E-state index contributed by atoms with van der Waals surface area (Å²) in [6.45, 7) is 6.58. The number of allylic oxidation sites excluding steroid dienone is 10. The maximum absolute atomic E-state index is 12.9. The normalized spacial score (nSPS) is 12.4. The van der Waals surface area contributed by atoms with E-state index in [1.165, 1.54) is 238 Å². The number of carbonyl (C=O) groups excluding carboxylic acids is 3. The van der Waals surface area contributed by atoms with Gasteiger partial charge in [-0.1, -0.05) is 319 Å². The highest BCUT2D eigenvalue weighted by molar-refractivity contribution is 5.71. The van der Waals surface area contributed by atoms with Gasteiger partial charge in [0.1, 0.15) is 13.2 Å². The smallest absolute Gasteiger partial charge is 0.306 e. The average Bonchev–Trinajstić information content (AvgIpc) is 3.44. The van der Waals surface area contributed by atoms with E-state index in [1.807, 2.05) is 0 Å². The van der Waals surface area contributed by atoms with Gasteiger partial charge in [-0.05, 0) is 83.5 Å². The molecule has 0 rings (SSSR count). The van der Waals surface area contributed by atoms with Crippen molar-refractivity contribution in [3.8, 4) is 0 Å². The molecule has 1 atom stereocenters. The summed E-state index contributed by atoms with van der Waals surface area (Å²) < 4.78 is 17.0. The van der Waals surface area contributed by atoms with E-state index in [0.29, 0.717) is 19.3 Å². The molecule has 0 saturated carbocycles. The first kappa shape index (κ1) is 75.1. The van der Waals surface area contributed by atoms with Gasteiger partial charge in [0.2, 0.25) is 0 Å². The van der Waals surface area contributed by atoms with Crippen LogP contribution in [0.3, 0.4) is 0 Å². The first-order valence-electron chi connectivity index (χ1n) is 34.3. The van der Waals surface area contributed by atoms with Crippen molar-refractivity contribution in [3.63, 3.8) is 0 Å². The second kappa shape index (κ2) is 66.6. The molecule has 0 aliphatic heterocycles. The summed E-state index contributed by atoms with van der Waals surface area (Å²) in [4.78, 5) is 38.4. The molecule has 0 heterocycles. The number of rotatable bonds is 63. The molecule has 0 fully saturated rings. The van der Waals surface area contributed by atoms with Crippen LogP contribution in [-0.4, -0.2) is 37.2 Å². The molecule has 0 aromatic heterocycles. The zero-order valence-corrected chi connectivity index (χ0v) is 52.2. The van der Waals surface area contributed by atoms with E-state index in [9.17, 15) is 14.4 Å². The average molecular weight is 1090 g/mol. The van der Waals surface area contributed by atoms with Crippen LogP contribution in [0.25, 0.3) is 0 Å². The Morgan fingerprint density at radius 3 is 0.795 bits per heavy atom. The van der Waals surface area contributed by atoms with Gasteiger partial charge in [-0.3, -0.25) is 14.4 Å². The fraction of sp³-hybridized carbons (Fsp3) is 0.819. The Labute approximate surface area is 485 Å². The van der Waals surface area contributed by atoms with Crippen molar-refractivity contribution in [2.75, 3.05) is 13.2 Å². The van der Waals surface area contributed by atoms with Crippen molar-refractivity contribution >= 4 is 17.9 Å². The molecule has 0 saturated heterocycles. The van der Waals surface area contributed by atoms with E-state index >= 15 is 0 Å². The van der Waals surface area contributed by atoms with Crippen molar-refractivity contribution in [1.82, 2.24) is 0 Å². The Morgan fingerprint density at radius 1 is 0.269 bits per heavy atom. The van der Waals surface area contributed by atoms with E-state index in [1.54, 1.807) is 0 Å². The Bertz CT molecular complexity index is 1390. The maximum Gasteiger partial charge on any atom is 0.306 e. The maximum atomic E-state index is 12.9. The number of esters is 3. The molecule has 78 heavy (non-hydrogen) atoms. The molecule has 0 N–H and O–H groups in total. The van der Waals surface area contributed by atoms with Gasteiger partial charge in [-0.2, -0.15) is 0 Å². The quantitative estimate of drug-likeness (QED) is 0.0261. The molecular weight excluding hydrogens is 961 g/mol. The molecule has 0 amide bonds. The number of unbranched alkanes of at least 4 members (excludes halogenated alkanes) is 42. The standard InChI is InChI=1S/C72H130O6/c1-4-7-10-13-16-19-22-25-28-30-32-33-34-35-36-37-38-39-41-42-44-47-50-53-56-59-62-65-71(74)77-68-69(67-76-70(73)64-61-58-55-52-49-46-27-24-21-18-15-12-9-6-3)78-72(75)66-63-60-57-54-51-48-45-43-40-31-29-26-23-20-17-14-11-8-5-2/h7,10,16,19,25-26,28-29,32-33,69H,4-6,8-9,11-15,17-18,20-24,27,30-31,34-68H2,1-3H3/b10-7-,19-16-,28-25-,29-26-,33-32-. The van der Waals surface area contributed by atoms with E-state index in [0.717, 1.165) is 83.5 Å².